The molecule has 0 radical (unpaired) electrons. The molecule has 0 spiro atoms. The molecule has 2 bridgehead atoms. The molecule has 0 aromatic heterocycles. The molecule has 0 N–H and O–H groups in total. The summed E-state index contributed by atoms with van der Waals surface area (Å²) in [7, 11) is -4.97. The van der Waals surface area contributed by atoms with Crippen molar-refractivity contribution in [2.75, 3.05) is 0 Å². The van der Waals surface area contributed by atoms with Crippen molar-refractivity contribution in [1.82, 2.24) is 0 Å². The largest absolute Gasteiger partial charge is 0.748 e. The molecule has 0 heterocycles. The maximum absolute atomic E-state index is 13.6. The Morgan fingerprint density at radius 3 is 1.71 bits per heavy atom. The minimum Gasteiger partial charge on any atom is -0.748 e. The van der Waals surface area contributed by atoms with Crippen molar-refractivity contribution < 1.29 is 41.6 Å². The van der Waals surface area contributed by atoms with Crippen molar-refractivity contribution >= 4 is 28.0 Å². The number of rotatable bonds is 7. The van der Waals surface area contributed by atoms with Crippen LogP contribution in [0.3, 0.4) is 0 Å². The highest BCUT2D eigenvalue weighted by Gasteiger charge is 2.67. The van der Waals surface area contributed by atoms with Crippen LogP contribution in [0.25, 0.3) is 0 Å². The fourth-order valence-electron chi connectivity index (χ4n) is 7.10. The lowest BCUT2D eigenvalue weighted by molar-refractivity contribution is -0.173. The number of carbonyl (C=O) groups is 3. The standard InChI is InChI=1S/C28H36O9S/c29-26(17-10-4-1-5-11-17)37-24-20-16-21(25(24)38(32,33)34)23(28(31)36-19-14-8-3-9-15-19)22(20)27(30)35-18-12-6-2-7-13-18/h1,4-5,10-11,18-25H,2-3,6-9,12-16H2,(H,32,33,34)/p-1. The van der Waals surface area contributed by atoms with Gasteiger partial charge in [0, 0.05) is 5.92 Å². The maximum Gasteiger partial charge on any atom is 0.338 e. The first kappa shape index (κ1) is 27.1. The van der Waals surface area contributed by atoms with Crippen molar-refractivity contribution in [1.29, 1.82) is 0 Å². The molecule has 4 saturated carbocycles. The Balaban J connectivity index is 1.43. The van der Waals surface area contributed by atoms with E-state index in [0.29, 0.717) is 12.8 Å². The lowest BCUT2D eigenvalue weighted by atomic mass is 9.77. The van der Waals surface area contributed by atoms with Crippen LogP contribution in [0.1, 0.15) is 81.0 Å². The minimum absolute atomic E-state index is 0.0910. The summed E-state index contributed by atoms with van der Waals surface area (Å²) in [6.45, 7) is 0. The van der Waals surface area contributed by atoms with Crippen LogP contribution in [0.4, 0.5) is 0 Å². The van der Waals surface area contributed by atoms with Gasteiger partial charge in [-0.2, -0.15) is 0 Å². The van der Waals surface area contributed by atoms with Gasteiger partial charge in [0.05, 0.1) is 22.6 Å². The fourth-order valence-corrected chi connectivity index (χ4v) is 8.39. The summed E-state index contributed by atoms with van der Waals surface area (Å²) < 4.78 is 54.7. The van der Waals surface area contributed by atoms with Gasteiger partial charge in [-0.3, -0.25) is 9.59 Å². The highest BCUT2D eigenvalue weighted by molar-refractivity contribution is 7.86. The molecule has 10 heteroatoms. The number of carbonyl (C=O) groups excluding carboxylic acids is 3. The van der Waals surface area contributed by atoms with E-state index in [0.717, 1.165) is 51.4 Å². The van der Waals surface area contributed by atoms with E-state index in [9.17, 15) is 27.4 Å². The quantitative estimate of drug-likeness (QED) is 0.284. The van der Waals surface area contributed by atoms with Gasteiger partial charge in [-0.25, -0.2) is 13.2 Å². The van der Waals surface area contributed by atoms with Gasteiger partial charge in [0.25, 0.3) is 0 Å². The second kappa shape index (κ2) is 11.3. The zero-order valence-electron chi connectivity index (χ0n) is 21.4. The molecule has 5 rings (SSSR count). The highest BCUT2D eigenvalue weighted by Crippen LogP contribution is 2.56. The summed E-state index contributed by atoms with van der Waals surface area (Å²) in [5, 5.41) is -1.64. The third-order valence-corrected chi connectivity index (χ3v) is 10.1. The van der Waals surface area contributed by atoms with Crippen LogP contribution in [-0.4, -0.2) is 54.4 Å². The third kappa shape index (κ3) is 5.61. The van der Waals surface area contributed by atoms with Crippen LogP contribution in [0.15, 0.2) is 30.3 Å². The van der Waals surface area contributed by atoms with E-state index in [4.69, 9.17) is 14.2 Å². The number of esters is 3. The second-order valence-electron chi connectivity index (χ2n) is 11.2. The van der Waals surface area contributed by atoms with E-state index < -0.39 is 63.1 Å². The number of benzene rings is 1. The minimum atomic E-state index is -4.97. The Hall–Kier alpha value is -2.46. The molecule has 4 fully saturated rings. The molecule has 0 amide bonds. The van der Waals surface area contributed by atoms with E-state index in [1.807, 2.05) is 0 Å². The zero-order valence-corrected chi connectivity index (χ0v) is 22.2. The van der Waals surface area contributed by atoms with Crippen molar-refractivity contribution in [2.45, 2.75) is 94.2 Å². The van der Waals surface area contributed by atoms with Gasteiger partial charge in [-0.05, 0) is 75.8 Å². The number of ether oxygens (including phenoxy) is 3. The van der Waals surface area contributed by atoms with Crippen LogP contribution in [0, 0.1) is 23.7 Å². The van der Waals surface area contributed by atoms with Crippen LogP contribution < -0.4 is 0 Å². The van der Waals surface area contributed by atoms with Gasteiger partial charge >= 0.3 is 17.9 Å². The lowest BCUT2D eigenvalue weighted by Crippen LogP contribution is -2.53. The van der Waals surface area contributed by atoms with Crippen molar-refractivity contribution in [2.24, 2.45) is 23.7 Å². The zero-order chi connectivity index (χ0) is 26.9. The predicted octanol–water partition coefficient (Wildman–Crippen LogP) is 3.76. The Morgan fingerprint density at radius 1 is 0.711 bits per heavy atom. The maximum atomic E-state index is 13.6. The first-order valence-corrected chi connectivity index (χ1v) is 15.3. The summed E-state index contributed by atoms with van der Waals surface area (Å²) in [6.07, 6.45) is 6.93. The van der Waals surface area contributed by atoms with Gasteiger partial charge < -0.3 is 18.8 Å². The van der Waals surface area contributed by atoms with Crippen molar-refractivity contribution in [3.63, 3.8) is 0 Å². The van der Waals surface area contributed by atoms with Crippen LogP contribution >= 0.6 is 0 Å². The molecule has 0 aliphatic heterocycles. The Kier molecular flexibility index (Phi) is 8.09. The van der Waals surface area contributed by atoms with Crippen LogP contribution in [0.2, 0.25) is 0 Å². The topological polar surface area (TPSA) is 136 Å². The molecule has 6 atom stereocenters. The SMILES string of the molecule is O=C(OC1C2CC(C(C(=O)OC3CCCCC3)C2C(=O)OC2CCCCC2)C1S(=O)(=O)[O-])c1ccccc1. The van der Waals surface area contributed by atoms with Crippen LogP contribution in [0.5, 0.6) is 0 Å². The highest BCUT2D eigenvalue weighted by atomic mass is 32.2. The molecular formula is C28H35O9S-. The monoisotopic (exact) mass is 547 g/mol. The lowest BCUT2D eigenvalue weighted by Gasteiger charge is -2.40. The third-order valence-electron chi connectivity index (χ3n) is 8.82. The van der Waals surface area contributed by atoms with E-state index >= 15 is 0 Å². The number of hydrogen-bond acceptors (Lipinski definition) is 9. The molecule has 1 aromatic rings. The first-order valence-electron chi connectivity index (χ1n) is 13.9. The van der Waals surface area contributed by atoms with Gasteiger partial charge in [0.1, 0.15) is 28.4 Å². The summed E-state index contributed by atoms with van der Waals surface area (Å²) in [5.41, 5.74) is 0.201. The number of fused-ring (bicyclic) bond motifs is 2. The Morgan fingerprint density at radius 2 is 1.21 bits per heavy atom. The molecule has 9 nitrogen and oxygen atoms in total. The average molecular weight is 548 g/mol. The summed E-state index contributed by atoms with van der Waals surface area (Å²) in [4.78, 5) is 40.0. The fraction of sp³-hybridized carbons (Fsp3) is 0.679. The normalized spacial score (nSPS) is 32.0. The Labute approximate surface area is 223 Å². The van der Waals surface area contributed by atoms with E-state index in [1.54, 1.807) is 18.2 Å². The Bertz CT molecular complexity index is 1120. The smallest absolute Gasteiger partial charge is 0.338 e. The van der Waals surface area contributed by atoms with Gasteiger partial charge in [0.15, 0.2) is 0 Å². The summed E-state index contributed by atoms with van der Waals surface area (Å²) in [5.74, 6) is -6.02. The predicted molar refractivity (Wildman–Crippen MR) is 134 cm³/mol. The molecule has 1 aromatic carbocycles. The molecule has 6 unspecified atom stereocenters. The number of hydrogen-bond donors (Lipinski definition) is 0. The summed E-state index contributed by atoms with van der Waals surface area (Å²) in [6, 6.07) is 8.05. The molecule has 208 valence electrons. The van der Waals surface area contributed by atoms with Gasteiger partial charge in [-0.1, -0.05) is 31.0 Å². The average Bonchev–Trinajstić information content (AvgIpc) is 3.47. The van der Waals surface area contributed by atoms with Gasteiger partial charge in [0.2, 0.25) is 0 Å². The molecule has 0 saturated heterocycles. The van der Waals surface area contributed by atoms with Gasteiger partial charge in [-0.15, -0.1) is 0 Å². The summed E-state index contributed by atoms with van der Waals surface area (Å²) >= 11 is 0. The van der Waals surface area contributed by atoms with E-state index in [-0.39, 0.29) is 24.2 Å². The molecule has 4 aliphatic carbocycles. The van der Waals surface area contributed by atoms with Crippen LogP contribution in [-0.2, 0) is 33.9 Å². The molecule has 4 aliphatic rings. The first-order chi connectivity index (χ1) is 18.2. The molecule has 38 heavy (non-hydrogen) atoms. The van der Waals surface area contributed by atoms with Crippen molar-refractivity contribution in [3.05, 3.63) is 35.9 Å². The van der Waals surface area contributed by atoms with E-state index in [2.05, 4.69) is 0 Å². The molecular weight excluding hydrogens is 512 g/mol. The second-order valence-corrected chi connectivity index (χ2v) is 12.7. The van der Waals surface area contributed by atoms with E-state index in [1.165, 1.54) is 12.1 Å². The van der Waals surface area contributed by atoms with Crippen molar-refractivity contribution in [3.8, 4) is 0 Å².